The van der Waals surface area contributed by atoms with Crippen LogP contribution in [0.4, 0.5) is 0 Å². The molecule has 0 unspecified atom stereocenters. The minimum absolute atomic E-state index is 0.129. The quantitative estimate of drug-likeness (QED) is 0.362. The van der Waals surface area contributed by atoms with Crippen molar-refractivity contribution in [1.82, 2.24) is 4.57 Å². The molecule has 0 fully saturated rings. The van der Waals surface area contributed by atoms with Crippen molar-refractivity contribution in [2.24, 2.45) is 5.41 Å². The number of para-hydroxylation sites is 3. The average molecular weight is 349 g/mol. The molecule has 1 heterocycles. The van der Waals surface area contributed by atoms with Gasteiger partial charge >= 0.3 is 0 Å². The van der Waals surface area contributed by atoms with Crippen molar-refractivity contribution in [3.63, 3.8) is 0 Å². The summed E-state index contributed by atoms with van der Waals surface area (Å²) in [7, 11) is 0. The van der Waals surface area contributed by atoms with E-state index in [1.54, 1.807) is 0 Å². The van der Waals surface area contributed by atoms with Gasteiger partial charge in [0.25, 0.3) is 0 Å². The molecule has 3 aromatic carbocycles. The lowest BCUT2D eigenvalue weighted by Crippen LogP contribution is -2.16. The maximum Gasteiger partial charge on any atom is 0.0541 e. The van der Waals surface area contributed by atoms with Crippen LogP contribution in [-0.4, -0.2) is 4.57 Å². The van der Waals surface area contributed by atoms with E-state index in [4.69, 9.17) is 0 Å². The van der Waals surface area contributed by atoms with E-state index < -0.39 is 0 Å². The SMILES string of the molecule is CC1(C)CC=CC=C1c1ccccc1-n1c2ccccc2c2ccccc21. The van der Waals surface area contributed by atoms with Gasteiger partial charge in [-0.1, -0.05) is 86.7 Å². The van der Waals surface area contributed by atoms with Crippen LogP contribution < -0.4 is 0 Å². The largest absolute Gasteiger partial charge is 0.309 e. The van der Waals surface area contributed by atoms with E-state index >= 15 is 0 Å². The van der Waals surface area contributed by atoms with E-state index in [9.17, 15) is 0 Å². The molecule has 1 aliphatic carbocycles. The van der Waals surface area contributed by atoms with E-state index in [0.717, 1.165) is 6.42 Å². The fourth-order valence-corrected chi connectivity index (χ4v) is 4.40. The lowest BCUT2D eigenvalue weighted by atomic mass is 9.75. The van der Waals surface area contributed by atoms with Crippen molar-refractivity contribution in [2.75, 3.05) is 0 Å². The Balaban J connectivity index is 1.88. The Morgan fingerprint density at radius 2 is 1.33 bits per heavy atom. The number of fused-ring (bicyclic) bond motifs is 3. The van der Waals surface area contributed by atoms with E-state index in [1.165, 1.54) is 38.6 Å². The normalized spacial score (nSPS) is 16.0. The zero-order valence-electron chi connectivity index (χ0n) is 15.8. The lowest BCUT2D eigenvalue weighted by molar-refractivity contribution is 0.505. The molecule has 0 atom stereocenters. The summed E-state index contributed by atoms with van der Waals surface area (Å²) in [5.74, 6) is 0. The van der Waals surface area contributed by atoms with Crippen LogP contribution in [0.5, 0.6) is 0 Å². The van der Waals surface area contributed by atoms with Crippen LogP contribution in [0.3, 0.4) is 0 Å². The van der Waals surface area contributed by atoms with Crippen LogP contribution in [0.2, 0.25) is 0 Å². The molecule has 132 valence electrons. The molecule has 4 aromatic rings. The van der Waals surface area contributed by atoms with Gasteiger partial charge in [-0.15, -0.1) is 0 Å². The summed E-state index contributed by atoms with van der Waals surface area (Å²) < 4.78 is 2.43. The minimum atomic E-state index is 0.129. The Hall–Kier alpha value is -3.06. The van der Waals surface area contributed by atoms with Crippen LogP contribution >= 0.6 is 0 Å². The predicted octanol–water partition coefficient (Wildman–Crippen LogP) is 7.15. The number of aromatic nitrogens is 1. The molecule has 1 aromatic heterocycles. The van der Waals surface area contributed by atoms with Crippen molar-refractivity contribution >= 4 is 27.4 Å². The molecule has 0 bridgehead atoms. The van der Waals surface area contributed by atoms with Gasteiger partial charge in [0.15, 0.2) is 0 Å². The van der Waals surface area contributed by atoms with Gasteiger partial charge < -0.3 is 4.57 Å². The molecule has 1 aliphatic rings. The van der Waals surface area contributed by atoms with Gasteiger partial charge in [-0.25, -0.2) is 0 Å². The zero-order valence-corrected chi connectivity index (χ0v) is 15.8. The summed E-state index contributed by atoms with van der Waals surface area (Å²) in [4.78, 5) is 0. The van der Waals surface area contributed by atoms with Gasteiger partial charge in [0.2, 0.25) is 0 Å². The second-order valence-corrected chi connectivity index (χ2v) is 7.98. The van der Waals surface area contributed by atoms with Gasteiger partial charge in [0.05, 0.1) is 16.7 Å². The maximum atomic E-state index is 2.43. The molecule has 5 rings (SSSR count). The molecule has 0 aliphatic heterocycles. The second kappa shape index (κ2) is 5.99. The first-order chi connectivity index (χ1) is 13.2. The highest BCUT2D eigenvalue weighted by molar-refractivity contribution is 6.09. The number of hydrogen-bond donors (Lipinski definition) is 0. The van der Waals surface area contributed by atoms with E-state index in [0.29, 0.717) is 0 Å². The fraction of sp³-hybridized carbons (Fsp3) is 0.154. The molecule has 0 radical (unpaired) electrons. The number of allylic oxidation sites excluding steroid dienone is 4. The molecule has 0 spiro atoms. The molecular formula is C26H23N. The van der Waals surface area contributed by atoms with Crippen molar-refractivity contribution in [3.05, 3.63) is 96.6 Å². The predicted molar refractivity (Wildman–Crippen MR) is 116 cm³/mol. The fourth-order valence-electron chi connectivity index (χ4n) is 4.40. The van der Waals surface area contributed by atoms with Crippen LogP contribution in [-0.2, 0) is 0 Å². The Labute approximate surface area is 160 Å². The summed E-state index contributed by atoms with van der Waals surface area (Å²) in [6, 6.07) is 26.3. The van der Waals surface area contributed by atoms with Crippen LogP contribution in [0, 0.1) is 5.41 Å². The summed E-state index contributed by atoms with van der Waals surface area (Å²) in [5, 5.41) is 2.61. The number of rotatable bonds is 2. The minimum Gasteiger partial charge on any atom is -0.309 e. The van der Waals surface area contributed by atoms with Gasteiger partial charge in [-0.2, -0.15) is 0 Å². The molecule has 0 saturated carbocycles. The molecule has 0 amide bonds. The molecule has 1 heteroatoms. The smallest absolute Gasteiger partial charge is 0.0541 e. The third-order valence-electron chi connectivity index (χ3n) is 5.77. The van der Waals surface area contributed by atoms with E-state index in [-0.39, 0.29) is 5.41 Å². The first kappa shape index (κ1) is 16.1. The number of hydrogen-bond acceptors (Lipinski definition) is 0. The standard InChI is InChI=1S/C26H23N/c1-26(2)18-10-9-14-22(26)21-13-5-8-17-25(21)27-23-15-6-3-11-19(23)20-12-4-7-16-24(20)27/h3-17H,18H2,1-2H3. The Kier molecular flexibility index (Phi) is 3.58. The first-order valence-electron chi connectivity index (χ1n) is 9.62. The van der Waals surface area contributed by atoms with E-state index in [2.05, 4.69) is 109 Å². The second-order valence-electron chi connectivity index (χ2n) is 7.98. The first-order valence-corrected chi connectivity index (χ1v) is 9.62. The summed E-state index contributed by atoms with van der Waals surface area (Å²) >= 11 is 0. The maximum absolute atomic E-state index is 2.43. The van der Waals surface area contributed by atoms with Gasteiger partial charge in [0.1, 0.15) is 0 Å². The monoisotopic (exact) mass is 349 g/mol. The van der Waals surface area contributed by atoms with Crippen molar-refractivity contribution in [3.8, 4) is 5.69 Å². The Bertz CT molecular complexity index is 1160. The number of benzene rings is 3. The average Bonchev–Trinajstić information content (AvgIpc) is 3.02. The summed E-state index contributed by atoms with van der Waals surface area (Å²) in [6.07, 6.45) is 7.83. The molecule has 0 saturated heterocycles. The zero-order chi connectivity index (χ0) is 18.4. The third kappa shape index (κ3) is 2.46. The van der Waals surface area contributed by atoms with Gasteiger partial charge in [-0.3, -0.25) is 0 Å². The molecule has 27 heavy (non-hydrogen) atoms. The van der Waals surface area contributed by atoms with Crippen LogP contribution in [0.25, 0.3) is 33.1 Å². The Morgan fingerprint density at radius 3 is 2.00 bits per heavy atom. The van der Waals surface area contributed by atoms with Crippen molar-refractivity contribution in [1.29, 1.82) is 0 Å². The topological polar surface area (TPSA) is 4.93 Å². The highest BCUT2D eigenvalue weighted by Gasteiger charge is 2.27. The molecular weight excluding hydrogens is 326 g/mol. The highest BCUT2D eigenvalue weighted by atomic mass is 15.0. The molecule has 1 nitrogen and oxygen atoms in total. The molecule has 0 N–H and O–H groups in total. The third-order valence-corrected chi connectivity index (χ3v) is 5.77. The Morgan fingerprint density at radius 1 is 0.741 bits per heavy atom. The highest BCUT2D eigenvalue weighted by Crippen LogP contribution is 2.43. The van der Waals surface area contributed by atoms with Crippen molar-refractivity contribution < 1.29 is 0 Å². The van der Waals surface area contributed by atoms with E-state index in [1.807, 2.05) is 0 Å². The van der Waals surface area contributed by atoms with Gasteiger partial charge in [0, 0.05) is 16.3 Å². The van der Waals surface area contributed by atoms with Crippen LogP contribution in [0.1, 0.15) is 25.8 Å². The number of nitrogens with zero attached hydrogens (tertiary/aromatic N) is 1. The van der Waals surface area contributed by atoms with Gasteiger partial charge in [-0.05, 0) is 35.6 Å². The summed E-state index contributed by atoms with van der Waals surface area (Å²) in [5.41, 5.74) is 6.63. The van der Waals surface area contributed by atoms with Crippen LogP contribution in [0.15, 0.2) is 91.0 Å². The lowest BCUT2D eigenvalue weighted by Gasteiger charge is -2.31. The van der Waals surface area contributed by atoms with Crippen molar-refractivity contribution in [2.45, 2.75) is 20.3 Å². The summed E-state index contributed by atoms with van der Waals surface area (Å²) in [6.45, 7) is 4.68.